The van der Waals surface area contributed by atoms with E-state index in [2.05, 4.69) is 16.7 Å². The van der Waals surface area contributed by atoms with Crippen molar-refractivity contribution in [1.29, 1.82) is 0 Å². The largest absolute Gasteiger partial charge is 0.489 e. The molecule has 0 amide bonds. The second kappa shape index (κ2) is 6.62. The summed E-state index contributed by atoms with van der Waals surface area (Å²) in [5.74, 6) is 1.29. The van der Waals surface area contributed by atoms with Crippen LogP contribution in [-0.4, -0.2) is 21.2 Å². The zero-order valence-electron chi connectivity index (χ0n) is 13.1. The van der Waals surface area contributed by atoms with E-state index in [0.29, 0.717) is 27.7 Å². The molecule has 0 bridgehead atoms. The average molecular weight is 367 g/mol. The minimum atomic E-state index is -0.172. The van der Waals surface area contributed by atoms with Gasteiger partial charge in [0.1, 0.15) is 12.4 Å². The molecule has 0 atom stereocenters. The first-order chi connectivity index (χ1) is 12.3. The molecule has 4 rings (SSSR count). The molecule has 4 aromatic rings. The van der Waals surface area contributed by atoms with Crippen LogP contribution in [0.5, 0.6) is 5.75 Å². The van der Waals surface area contributed by atoms with Gasteiger partial charge in [-0.3, -0.25) is 4.79 Å². The van der Waals surface area contributed by atoms with Crippen LogP contribution in [0.1, 0.15) is 5.56 Å². The highest BCUT2D eigenvalue weighted by atomic mass is 32.1. The number of ether oxygens (including phenoxy) is 1. The second-order valence-corrected chi connectivity index (χ2v) is 7.12. The topological polar surface area (TPSA) is 56.5 Å². The second-order valence-electron chi connectivity index (χ2n) is 5.16. The maximum atomic E-state index is 12.6. The van der Waals surface area contributed by atoms with Crippen molar-refractivity contribution in [3.05, 3.63) is 74.9 Å². The van der Waals surface area contributed by atoms with E-state index in [-0.39, 0.29) is 5.56 Å². The molecule has 0 aliphatic rings. The molecule has 0 spiro atoms. The molecule has 3 heterocycles. The number of thiophene rings is 1. The molecule has 0 unspecified atom stereocenters. The quantitative estimate of drug-likeness (QED) is 0.509. The summed E-state index contributed by atoms with van der Waals surface area (Å²) in [7, 11) is 0. The Morgan fingerprint density at radius 2 is 2.12 bits per heavy atom. The molecular formula is C18H13N3O2S2. The van der Waals surface area contributed by atoms with Gasteiger partial charge in [0.25, 0.3) is 5.56 Å². The number of thiazole rings is 1. The van der Waals surface area contributed by atoms with Crippen LogP contribution < -0.4 is 14.8 Å². The van der Waals surface area contributed by atoms with Crippen molar-refractivity contribution >= 4 is 33.7 Å². The van der Waals surface area contributed by atoms with Crippen molar-refractivity contribution in [3.8, 4) is 16.5 Å². The van der Waals surface area contributed by atoms with Crippen molar-refractivity contribution in [3.63, 3.8) is 0 Å². The summed E-state index contributed by atoms with van der Waals surface area (Å²) in [5.41, 5.74) is 0.665. The minimum absolute atomic E-state index is 0.172. The summed E-state index contributed by atoms with van der Waals surface area (Å²) < 4.78 is 7.57. The number of benzene rings is 1. The lowest BCUT2D eigenvalue weighted by atomic mass is 10.2. The summed E-state index contributed by atoms with van der Waals surface area (Å²) in [5, 5.41) is 6.30. The maximum Gasteiger partial charge on any atom is 0.291 e. The molecule has 0 saturated carbocycles. The van der Waals surface area contributed by atoms with Crippen LogP contribution in [0.25, 0.3) is 21.7 Å². The fourth-order valence-corrected chi connectivity index (χ4v) is 3.92. The predicted octanol–water partition coefficient (Wildman–Crippen LogP) is 2.99. The van der Waals surface area contributed by atoms with Gasteiger partial charge < -0.3 is 4.74 Å². The summed E-state index contributed by atoms with van der Waals surface area (Å²) in [6.07, 6.45) is 3.50. The maximum absolute atomic E-state index is 12.6. The number of rotatable bonds is 5. The fourth-order valence-electron chi connectivity index (χ4n) is 2.37. The summed E-state index contributed by atoms with van der Waals surface area (Å²) in [6, 6.07) is 11.4. The Morgan fingerprint density at radius 3 is 2.88 bits per heavy atom. The average Bonchev–Trinajstić information content (AvgIpc) is 3.33. The number of para-hydroxylation sites is 1. The van der Waals surface area contributed by atoms with Gasteiger partial charge in [0.2, 0.25) is 4.96 Å². The van der Waals surface area contributed by atoms with Gasteiger partial charge in [-0.15, -0.1) is 16.4 Å². The van der Waals surface area contributed by atoms with Crippen LogP contribution in [0.3, 0.4) is 0 Å². The highest BCUT2D eigenvalue weighted by molar-refractivity contribution is 7.15. The molecule has 5 nitrogen and oxygen atoms in total. The normalized spacial score (nSPS) is 11.9. The smallest absolute Gasteiger partial charge is 0.291 e. The molecular weight excluding hydrogens is 354 g/mol. The fraction of sp³-hybridized carbons (Fsp3) is 0.0556. The Bertz CT molecular complexity index is 1140. The molecule has 25 heavy (non-hydrogen) atoms. The van der Waals surface area contributed by atoms with Crippen molar-refractivity contribution in [2.24, 2.45) is 0 Å². The van der Waals surface area contributed by atoms with Crippen LogP contribution in [0.4, 0.5) is 0 Å². The molecule has 124 valence electrons. The number of hydrogen-bond donors (Lipinski definition) is 0. The van der Waals surface area contributed by atoms with E-state index in [9.17, 15) is 4.79 Å². The van der Waals surface area contributed by atoms with Gasteiger partial charge in [-0.05, 0) is 23.6 Å². The zero-order chi connectivity index (χ0) is 17.2. The SMILES string of the molecule is C=CCOc1ccccc1/C=c1/sc2nc(-c3cccs3)nn2c1=O. The van der Waals surface area contributed by atoms with Crippen LogP contribution in [0, 0.1) is 0 Å². The molecule has 7 heteroatoms. The Balaban J connectivity index is 1.79. The summed E-state index contributed by atoms with van der Waals surface area (Å²) in [4.78, 5) is 18.6. The van der Waals surface area contributed by atoms with Crippen molar-refractivity contribution in [2.75, 3.05) is 6.61 Å². The third kappa shape index (κ3) is 2.99. The zero-order valence-corrected chi connectivity index (χ0v) is 14.7. The first-order valence-corrected chi connectivity index (χ1v) is 9.24. The lowest BCUT2D eigenvalue weighted by molar-refractivity contribution is 0.362. The first kappa shape index (κ1) is 15.7. The molecule has 0 fully saturated rings. The number of nitrogens with zero attached hydrogens (tertiary/aromatic N) is 3. The van der Waals surface area contributed by atoms with Crippen LogP contribution >= 0.6 is 22.7 Å². The van der Waals surface area contributed by atoms with Gasteiger partial charge in [0, 0.05) is 5.56 Å². The van der Waals surface area contributed by atoms with E-state index in [1.54, 1.807) is 17.4 Å². The third-order valence-electron chi connectivity index (χ3n) is 3.49. The number of aromatic nitrogens is 3. The highest BCUT2D eigenvalue weighted by Gasteiger charge is 2.12. The molecule has 1 aromatic carbocycles. The van der Waals surface area contributed by atoms with E-state index >= 15 is 0 Å². The van der Waals surface area contributed by atoms with Crippen LogP contribution in [0.2, 0.25) is 0 Å². The molecule has 0 aliphatic heterocycles. The monoisotopic (exact) mass is 367 g/mol. The van der Waals surface area contributed by atoms with Crippen molar-refractivity contribution < 1.29 is 4.74 Å². The molecule has 0 N–H and O–H groups in total. The molecule has 3 aromatic heterocycles. The molecule has 0 radical (unpaired) electrons. The Kier molecular flexibility index (Phi) is 4.17. The van der Waals surface area contributed by atoms with E-state index in [4.69, 9.17) is 4.74 Å². The third-order valence-corrected chi connectivity index (χ3v) is 5.31. The number of fused-ring (bicyclic) bond motifs is 1. The van der Waals surface area contributed by atoms with Crippen LogP contribution in [0.15, 0.2) is 59.2 Å². The van der Waals surface area contributed by atoms with E-state index in [1.807, 2.05) is 47.9 Å². The lowest BCUT2D eigenvalue weighted by Crippen LogP contribution is -2.23. The standard InChI is InChI=1S/C18H13N3O2S2/c1-2-9-23-13-7-4-3-6-12(13)11-15-17(22)21-18(25-15)19-16(20-21)14-8-5-10-24-14/h2-8,10-11H,1,9H2/b15-11+. The van der Waals surface area contributed by atoms with Gasteiger partial charge in [-0.1, -0.05) is 48.3 Å². The van der Waals surface area contributed by atoms with Crippen LogP contribution in [-0.2, 0) is 0 Å². The van der Waals surface area contributed by atoms with E-state index in [0.717, 1.165) is 10.4 Å². The Labute approximate surface area is 151 Å². The van der Waals surface area contributed by atoms with Crippen molar-refractivity contribution in [2.45, 2.75) is 0 Å². The molecule has 0 aliphatic carbocycles. The summed E-state index contributed by atoms with van der Waals surface area (Å²) in [6.45, 7) is 4.06. The van der Waals surface area contributed by atoms with Gasteiger partial charge in [-0.25, -0.2) is 0 Å². The van der Waals surface area contributed by atoms with Gasteiger partial charge in [0.05, 0.1) is 9.41 Å². The van der Waals surface area contributed by atoms with Gasteiger partial charge >= 0.3 is 0 Å². The summed E-state index contributed by atoms with van der Waals surface area (Å²) >= 11 is 2.87. The Morgan fingerprint density at radius 1 is 1.24 bits per heavy atom. The molecule has 0 saturated heterocycles. The minimum Gasteiger partial charge on any atom is -0.489 e. The first-order valence-electron chi connectivity index (χ1n) is 7.54. The highest BCUT2D eigenvalue weighted by Crippen LogP contribution is 2.22. The van der Waals surface area contributed by atoms with Gasteiger partial charge in [0.15, 0.2) is 5.82 Å². The van der Waals surface area contributed by atoms with E-state index < -0.39 is 0 Å². The Hall–Kier alpha value is -2.77. The number of hydrogen-bond acceptors (Lipinski definition) is 6. The van der Waals surface area contributed by atoms with Gasteiger partial charge in [-0.2, -0.15) is 9.50 Å². The predicted molar refractivity (Wildman–Crippen MR) is 101 cm³/mol. The van der Waals surface area contributed by atoms with Crippen molar-refractivity contribution in [1.82, 2.24) is 14.6 Å². The lowest BCUT2D eigenvalue weighted by Gasteiger charge is -2.05. The van der Waals surface area contributed by atoms with E-state index in [1.165, 1.54) is 15.9 Å².